The van der Waals surface area contributed by atoms with Crippen molar-refractivity contribution in [3.8, 4) is 0 Å². The molecular formula is C10H16N2O4. The third-order valence-corrected chi connectivity index (χ3v) is 2.70. The monoisotopic (exact) mass is 228 g/mol. The molecule has 2 unspecified atom stereocenters. The van der Waals surface area contributed by atoms with Gasteiger partial charge in [-0.15, -0.1) is 0 Å². The lowest BCUT2D eigenvalue weighted by atomic mass is 9.94. The van der Waals surface area contributed by atoms with Crippen molar-refractivity contribution in [2.75, 3.05) is 0 Å². The summed E-state index contributed by atoms with van der Waals surface area (Å²) >= 11 is 0. The highest BCUT2D eigenvalue weighted by Gasteiger charge is 2.43. The molecular weight excluding hydrogens is 212 g/mol. The van der Waals surface area contributed by atoms with E-state index in [9.17, 15) is 14.4 Å². The molecule has 0 spiro atoms. The fourth-order valence-electron chi connectivity index (χ4n) is 1.67. The number of hydrogen-bond acceptors (Lipinski definition) is 5. The Balaban J connectivity index is 2.61. The lowest BCUT2D eigenvalue weighted by Gasteiger charge is -2.13. The Kier molecular flexibility index (Phi) is 4.14. The minimum Gasteiger partial charge on any atom is -0.321 e. The quantitative estimate of drug-likeness (QED) is 0.387. The summed E-state index contributed by atoms with van der Waals surface area (Å²) in [6.07, 6.45) is 1.93. The highest BCUT2D eigenvalue weighted by Crippen LogP contribution is 2.20. The molecule has 2 atom stereocenters. The maximum Gasteiger partial charge on any atom is 0.264 e. The Bertz CT molecular complexity index is 316. The minimum atomic E-state index is -1.09. The average Bonchev–Trinajstić information content (AvgIpc) is 2.52. The highest BCUT2D eigenvalue weighted by molar-refractivity contribution is 6.14. The molecule has 1 fully saturated rings. The van der Waals surface area contributed by atoms with E-state index in [1.54, 1.807) is 0 Å². The predicted octanol–water partition coefficient (Wildman–Crippen LogP) is -0.163. The number of Topliss-reactive ketones (excluding diaryl/α,β-unsaturated/α-hetero) is 1. The van der Waals surface area contributed by atoms with E-state index in [1.807, 2.05) is 6.92 Å². The molecule has 3 N–H and O–H groups in total. The summed E-state index contributed by atoms with van der Waals surface area (Å²) in [4.78, 5) is 34.0. The maximum absolute atomic E-state index is 11.7. The van der Waals surface area contributed by atoms with Crippen molar-refractivity contribution >= 4 is 17.6 Å². The van der Waals surface area contributed by atoms with E-state index in [1.165, 1.54) is 0 Å². The van der Waals surface area contributed by atoms with Gasteiger partial charge in [0.25, 0.3) is 11.8 Å². The van der Waals surface area contributed by atoms with Crippen LogP contribution in [0.15, 0.2) is 0 Å². The molecule has 6 heteroatoms. The average molecular weight is 228 g/mol. The van der Waals surface area contributed by atoms with E-state index < -0.39 is 29.6 Å². The summed E-state index contributed by atoms with van der Waals surface area (Å²) in [5.74, 6) is -3.15. The lowest BCUT2D eigenvalue weighted by molar-refractivity contribution is -0.172. The molecule has 90 valence electrons. The minimum absolute atomic E-state index is 0.00904. The van der Waals surface area contributed by atoms with Crippen LogP contribution in [0.5, 0.6) is 0 Å². The van der Waals surface area contributed by atoms with Crippen LogP contribution < -0.4 is 5.73 Å². The molecule has 2 amide bonds. The van der Waals surface area contributed by atoms with Gasteiger partial charge in [-0.05, 0) is 6.42 Å². The number of hydrogen-bond donors (Lipinski definition) is 2. The van der Waals surface area contributed by atoms with Crippen molar-refractivity contribution in [2.24, 2.45) is 11.7 Å². The van der Waals surface area contributed by atoms with Crippen molar-refractivity contribution < 1.29 is 19.6 Å². The van der Waals surface area contributed by atoms with Crippen LogP contribution in [0.1, 0.15) is 32.6 Å². The van der Waals surface area contributed by atoms with Crippen molar-refractivity contribution in [1.82, 2.24) is 5.06 Å². The normalized spacial score (nSPS) is 22.7. The van der Waals surface area contributed by atoms with Crippen LogP contribution in [0.2, 0.25) is 0 Å². The molecule has 1 aliphatic rings. The summed E-state index contributed by atoms with van der Waals surface area (Å²) in [6, 6.07) is -0.729. The molecule has 16 heavy (non-hydrogen) atoms. The lowest BCUT2D eigenvalue weighted by Crippen LogP contribution is -2.39. The van der Waals surface area contributed by atoms with Crippen LogP contribution in [-0.4, -0.2) is 33.9 Å². The second-order valence-electron chi connectivity index (χ2n) is 3.95. The standard InChI is InChI=1S/C10H16N2O4/c1-2-3-4-7(11)9(14)6-5-8(13)12(16)10(6)15/h6-7,16H,2-5,11H2,1H3. The van der Waals surface area contributed by atoms with Gasteiger partial charge in [0, 0.05) is 6.42 Å². The van der Waals surface area contributed by atoms with Crippen molar-refractivity contribution in [3.63, 3.8) is 0 Å². The number of unbranched alkanes of at least 4 members (excludes halogenated alkanes) is 1. The fraction of sp³-hybridized carbons (Fsp3) is 0.700. The van der Waals surface area contributed by atoms with Gasteiger partial charge in [0.05, 0.1) is 6.04 Å². The van der Waals surface area contributed by atoms with Gasteiger partial charge < -0.3 is 5.73 Å². The van der Waals surface area contributed by atoms with Crippen LogP contribution in [0.3, 0.4) is 0 Å². The highest BCUT2D eigenvalue weighted by atomic mass is 16.5. The number of nitrogens with zero attached hydrogens (tertiary/aromatic N) is 1. The molecule has 1 heterocycles. The van der Waals surface area contributed by atoms with Gasteiger partial charge in [-0.2, -0.15) is 5.06 Å². The van der Waals surface area contributed by atoms with Gasteiger partial charge in [0.2, 0.25) is 0 Å². The maximum atomic E-state index is 11.7. The predicted molar refractivity (Wildman–Crippen MR) is 54.3 cm³/mol. The van der Waals surface area contributed by atoms with Gasteiger partial charge in [-0.1, -0.05) is 19.8 Å². The first-order valence-electron chi connectivity index (χ1n) is 5.34. The number of amides is 2. The van der Waals surface area contributed by atoms with Gasteiger partial charge in [0.15, 0.2) is 5.78 Å². The van der Waals surface area contributed by atoms with E-state index in [4.69, 9.17) is 10.9 Å². The number of ketones is 1. The topological polar surface area (TPSA) is 101 Å². The molecule has 0 aromatic heterocycles. The molecule has 1 saturated heterocycles. The van der Waals surface area contributed by atoms with E-state index in [0.29, 0.717) is 6.42 Å². The SMILES string of the molecule is CCCCC(N)C(=O)C1CC(=O)N(O)C1=O. The summed E-state index contributed by atoms with van der Waals surface area (Å²) in [6.45, 7) is 1.97. The first-order chi connectivity index (χ1) is 7.49. The Morgan fingerprint density at radius 2 is 2.25 bits per heavy atom. The summed E-state index contributed by atoms with van der Waals surface area (Å²) in [5, 5.41) is 8.99. The van der Waals surface area contributed by atoms with Gasteiger partial charge in [0.1, 0.15) is 5.92 Å². The van der Waals surface area contributed by atoms with Crippen molar-refractivity contribution in [1.29, 1.82) is 0 Å². The van der Waals surface area contributed by atoms with Crippen molar-refractivity contribution in [3.05, 3.63) is 0 Å². The number of hydroxylamine groups is 2. The Hall–Kier alpha value is -1.27. The molecule has 6 nitrogen and oxygen atoms in total. The number of carbonyl (C=O) groups is 3. The number of rotatable bonds is 5. The van der Waals surface area contributed by atoms with Crippen LogP contribution in [0.4, 0.5) is 0 Å². The summed E-state index contributed by atoms with van der Waals surface area (Å²) in [7, 11) is 0. The smallest absolute Gasteiger partial charge is 0.264 e. The van der Waals surface area contributed by atoms with E-state index in [2.05, 4.69) is 0 Å². The molecule has 0 saturated carbocycles. The van der Waals surface area contributed by atoms with Gasteiger partial charge in [-0.3, -0.25) is 19.6 Å². The molecule has 1 aliphatic heterocycles. The second kappa shape index (κ2) is 5.18. The molecule has 0 aliphatic carbocycles. The Labute approximate surface area is 93.4 Å². The zero-order chi connectivity index (χ0) is 12.3. The molecule has 0 bridgehead atoms. The third-order valence-electron chi connectivity index (χ3n) is 2.70. The third kappa shape index (κ3) is 2.45. The first kappa shape index (κ1) is 12.8. The number of imide groups is 1. The Morgan fingerprint density at radius 3 is 2.69 bits per heavy atom. The first-order valence-corrected chi connectivity index (χ1v) is 5.34. The van der Waals surface area contributed by atoms with E-state index >= 15 is 0 Å². The van der Waals surface area contributed by atoms with Crippen LogP contribution >= 0.6 is 0 Å². The Morgan fingerprint density at radius 1 is 1.62 bits per heavy atom. The zero-order valence-electron chi connectivity index (χ0n) is 9.18. The second-order valence-corrected chi connectivity index (χ2v) is 3.95. The van der Waals surface area contributed by atoms with E-state index in [-0.39, 0.29) is 11.5 Å². The number of carbonyl (C=O) groups excluding carboxylic acids is 3. The van der Waals surface area contributed by atoms with Gasteiger partial charge >= 0.3 is 0 Å². The van der Waals surface area contributed by atoms with Crippen molar-refractivity contribution in [2.45, 2.75) is 38.6 Å². The number of nitrogens with two attached hydrogens (primary N) is 1. The zero-order valence-corrected chi connectivity index (χ0v) is 9.18. The van der Waals surface area contributed by atoms with Crippen LogP contribution in [-0.2, 0) is 14.4 Å². The summed E-state index contributed by atoms with van der Waals surface area (Å²) in [5.41, 5.74) is 5.62. The van der Waals surface area contributed by atoms with Crippen LogP contribution in [0.25, 0.3) is 0 Å². The molecule has 0 aromatic rings. The van der Waals surface area contributed by atoms with E-state index in [0.717, 1.165) is 12.8 Å². The van der Waals surface area contributed by atoms with Crippen LogP contribution in [0, 0.1) is 5.92 Å². The summed E-state index contributed by atoms with van der Waals surface area (Å²) < 4.78 is 0. The fourth-order valence-corrected chi connectivity index (χ4v) is 1.67. The molecule has 0 aromatic carbocycles. The molecule has 1 rings (SSSR count). The molecule has 0 radical (unpaired) electrons. The largest absolute Gasteiger partial charge is 0.321 e. The van der Waals surface area contributed by atoms with Gasteiger partial charge in [-0.25, -0.2) is 0 Å².